The third-order valence-electron chi connectivity index (χ3n) is 2.61. The average molecular weight is 239 g/mol. The summed E-state index contributed by atoms with van der Waals surface area (Å²) in [5, 5.41) is 0. The molecule has 2 nitrogen and oxygen atoms in total. The second-order valence-electron chi connectivity index (χ2n) is 3.58. The summed E-state index contributed by atoms with van der Waals surface area (Å²) in [5.41, 5.74) is 1.01. The van der Waals surface area contributed by atoms with E-state index in [0.717, 1.165) is 5.69 Å². The summed E-state index contributed by atoms with van der Waals surface area (Å²) in [5.74, 6) is 0.165. The number of anilines is 1. The van der Waals surface area contributed by atoms with E-state index in [0.29, 0.717) is 0 Å². The van der Waals surface area contributed by atoms with Crippen molar-refractivity contribution in [3.63, 3.8) is 0 Å². The van der Waals surface area contributed by atoms with Gasteiger partial charge in [0.25, 0.3) is 5.91 Å². The van der Waals surface area contributed by atoms with Crippen LogP contribution in [-0.4, -0.2) is 23.3 Å². The molecule has 0 aliphatic carbocycles. The summed E-state index contributed by atoms with van der Waals surface area (Å²) < 4.78 is -0.386. The maximum Gasteiger partial charge on any atom is 0.253 e. The molecule has 0 saturated heterocycles. The van der Waals surface area contributed by atoms with Crippen LogP contribution in [-0.2, 0) is 4.79 Å². The lowest BCUT2D eigenvalue weighted by molar-refractivity contribution is -0.118. The number of carbonyl (C=O) groups excluding carboxylic acids is 1. The van der Waals surface area contributed by atoms with Crippen molar-refractivity contribution in [2.24, 2.45) is 0 Å². The molecule has 0 radical (unpaired) electrons. The fourth-order valence-electron chi connectivity index (χ4n) is 1.62. The molecule has 0 spiro atoms. The number of thioether (sulfide) groups is 2. The predicted octanol–water partition coefficient (Wildman–Crippen LogP) is 2.83. The zero-order valence-corrected chi connectivity index (χ0v) is 10.6. The molecule has 1 aliphatic heterocycles. The normalized spacial score (nSPS) is 25.3. The van der Waals surface area contributed by atoms with E-state index in [9.17, 15) is 4.79 Å². The van der Waals surface area contributed by atoms with E-state index >= 15 is 0 Å². The third-order valence-corrected chi connectivity index (χ3v) is 5.45. The Labute approximate surface area is 98.4 Å². The van der Waals surface area contributed by atoms with Crippen molar-refractivity contribution in [1.29, 1.82) is 0 Å². The first kappa shape index (κ1) is 10.9. The first-order valence-electron chi connectivity index (χ1n) is 4.70. The molecule has 1 aromatic carbocycles. The zero-order chi connectivity index (χ0) is 11.1. The fourth-order valence-corrected chi connectivity index (χ4v) is 3.63. The van der Waals surface area contributed by atoms with E-state index < -0.39 is 0 Å². The van der Waals surface area contributed by atoms with Crippen LogP contribution in [0.5, 0.6) is 0 Å². The number of nitrogens with zero attached hydrogens (tertiary/aromatic N) is 1. The fraction of sp³-hybridized carbons (Fsp3) is 0.364. The number of rotatable bonds is 1. The highest BCUT2D eigenvalue weighted by atomic mass is 32.2. The van der Waals surface area contributed by atoms with E-state index in [1.165, 1.54) is 4.90 Å². The van der Waals surface area contributed by atoms with E-state index in [4.69, 9.17) is 0 Å². The van der Waals surface area contributed by atoms with Gasteiger partial charge in [0, 0.05) is 11.9 Å². The van der Waals surface area contributed by atoms with E-state index in [1.807, 2.05) is 38.4 Å². The van der Waals surface area contributed by atoms with Gasteiger partial charge in [-0.15, -0.1) is 11.8 Å². The molecule has 0 N–H and O–H groups in total. The quantitative estimate of drug-likeness (QED) is 0.751. The summed E-state index contributed by atoms with van der Waals surface area (Å²) in [4.78, 5) is 15.1. The predicted molar refractivity (Wildman–Crippen MR) is 67.6 cm³/mol. The standard InChI is InChI=1S/C11H13NOS2/c1-11(14-3)10(13)12(2)8-6-4-5-7-9(8)15-11/h4-7H,1-3H3. The number of carbonyl (C=O) groups is 1. The Balaban J connectivity index is 2.50. The van der Waals surface area contributed by atoms with Gasteiger partial charge in [0.15, 0.2) is 0 Å². The SMILES string of the molecule is CSC1(C)Sc2ccccc2N(C)C1=O. The molecular formula is C11H13NOS2. The van der Waals surface area contributed by atoms with Crippen molar-refractivity contribution < 1.29 is 4.79 Å². The van der Waals surface area contributed by atoms with Gasteiger partial charge in [0.1, 0.15) is 4.08 Å². The van der Waals surface area contributed by atoms with E-state index in [1.54, 1.807) is 28.4 Å². The Morgan fingerprint density at radius 1 is 1.40 bits per heavy atom. The van der Waals surface area contributed by atoms with Crippen molar-refractivity contribution in [2.45, 2.75) is 15.9 Å². The molecule has 1 aliphatic rings. The minimum atomic E-state index is -0.386. The number of hydrogen-bond acceptors (Lipinski definition) is 3. The minimum Gasteiger partial charge on any atom is -0.312 e. The maximum atomic E-state index is 12.1. The van der Waals surface area contributed by atoms with Gasteiger partial charge in [-0.05, 0) is 25.3 Å². The number of hydrogen-bond donors (Lipinski definition) is 0. The van der Waals surface area contributed by atoms with Crippen LogP contribution in [0.1, 0.15) is 6.92 Å². The molecule has 0 saturated carbocycles. The highest BCUT2D eigenvalue weighted by molar-refractivity contribution is 8.19. The maximum absolute atomic E-state index is 12.1. The molecule has 0 aromatic heterocycles. The summed E-state index contributed by atoms with van der Waals surface area (Å²) in [6.45, 7) is 1.98. The van der Waals surface area contributed by atoms with Gasteiger partial charge in [0.05, 0.1) is 5.69 Å². The Morgan fingerprint density at radius 2 is 2.07 bits per heavy atom. The van der Waals surface area contributed by atoms with E-state index in [2.05, 4.69) is 6.07 Å². The lowest BCUT2D eigenvalue weighted by Crippen LogP contribution is -2.43. The minimum absolute atomic E-state index is 0.165. The van der Waals surface area contributed by atoms with Gasteiger partial charge in [-0.3, -0.25) is 4.79 Å². The zero-order valence-electron chi connectivity index (χ0n) is 8.98. The molecule has 2 rings (SSSR count). The molecule has 4 heteroatoms. The summed E-state index contributed by atoms with van der Waals surface area (Å²) in [7, 11) is 1.84. The van der Waals surface area contributed by atoms with Crippen LogP contribution < -0.4 is 4.90 Å². The van der Waals surface area contributed by atoms with Crippen LogP contribution in [0.15, 0.2) is 29.2 Å². The molecule has 0 fully saturated rings. The molecule has 80 valence electrons. The van der Waals surface area contributed by atoms with E-state index in [-0.39, 0.29) is 9.99 Å². The molecule has 1 aromatic rings. The van der Waals surface area contributed by atoms with Gasteiger partial charge in [-0.25, -0.2) is 0 Å². The van der Waals surface area contributed by atoms with Gasteiger partial charge >= 0.3 is 0 Å². The Hall–Kier alpha value is -0.610. The molecule has 1 amide bonds. The second kappa shape index (κ2) is 3.76. The number of amides is 1. The van der Waals surface area contributed by atoms with Crippen molar-refractivity contribution in [1.82, 2.24) is 0 Å². The van der Waals surface area contributed by atoms with Crippen LogP contribution in [0.25, 0.3) is 0 Å². The number of benzene rings is 1. The topological polar surface area (TPSA) is 20.3 Å². The smallest absolute Gasteiger partial charge is 0.253 e. The van der Waals surface area contributed by atoms with Crippen molar-refractivity contribution >= 4 is 35.1 Å². The Kier molecular flexibility index (Phi) is 2.73. The lowest BCUT2D eigenvalue weighted by atomic mass is 10.2. The average Bonchev–Trinajstić information content (AvgIpc) is 2.26. The van der Waals surface area contributed by atoms with Crippen LogP contribution in [0.4, 0.5) is 5.69 Å². The van der Waals surface area contributed by atoms with Crippen LogP contribution in [0.2, 0.25) is 0 Å². The largest absolute Gasteiger partial charge is 0.312 e. The third kappa shape index (κ3) is 1.66. The molecule has 1 heterocycles. The molecule has 1 atom stereocenters. The molecule has 0 bridgehead atoms. The molecule has 1 unspecified atom stereocenters. The Bertz CT molecular complexity index is 407. The highest BCUT2D eigenvalue weighted by Gasteiger charge is 2.41. The molecular weight excluding hydrogens is 226 g/mol. The van der Waals surface area contributed by atoms with Gasteiger partial charge in [-0.1, -0.05) is 23.9 Å². The highest BCUT2D eigenvalue weighted by Crippen LogP contribution is 2.49. The number of fused-ring (bicyclic) bond motifs is 1. The second-order valence-corrected chi connectivity index (χ2v) is 6.53. The summed E-state index contributed by atoms with van der Waals surface area (Å²) in [6, 6.07) is 8.03. The Morgan fingerprint density at radius 3 is 2.73 bits per heavy atom. The number of para-hydroxylation sites is 1. The van der Waals surface area contributed by atoms with Crippen LogP contribution >= 0.6 is 23.5 Å². The first-order valence-corrected chi connectivity index (χ1v) is 6.74. The summed E-state index contributed by atoms with van der Waals surface area (Å²) in [6.07, 6.45) is 1.98. The van der Waals surface area contributed by atoms with Crippen molar-refractivity contribution in [3.8, 4) is 0 Å². The van der Waals surface area contributed by atoms with Crippen molar-refractivity contribution in [2.75, 3.05) is 18.2 Å². The first-order chi connectivity index (χ1) is 7.08. The summed E-state index contributed by atoms with van der Waals surface area (Å²) >= 11 is 3.24. The van der Waals surface area contributed by atoms with Crippen LogP contribution in [0.3, 0.4) is 0 Å². The van der Waals surface area contributed by atoms with Crippen molar-refractivity contribution in [3.05, 3.63) is 24.3 Å². The van der Waals surface area contributed by atoms with Crippen LogP contribution in [0, 0.1) is 0 Å². The van der Waals surface area contributed by atoms with Gasteiger partial charge < -0.3 is 4.90 Å². The monoisotopic (exact) mass is 239 g/mol. The lowest BCUT2D eigenvalue weighted by Gasteiger charge is -2.36. The van der Waals surface area contributed by atoms with Gasteiger partial charge in [0.2, 0.25) is 0 Å². The van der Waals surface area contributed by atoms with Gasteiger partial charge in [-0.2, -0.15) is 0 Å². The molecule has 15 heavy (non-hydrogen) atoms.